The van der Waals surface area contributed by atoms with Crippen molar-refractivity contribution in [2.75, 3.05) is 33.3 Å². The molecule has 0 aromatic carbocycles. The highest BCUT2D eigenvalue weighted by molar-refractivity contribution is 5.75. The van der Waals surface area contributed by atoms with Crippen LogP contribution in [0.15, 0.2) is 0 Å². The molecular weight excluding hydrogens is 240 g/mol. The second-order valence-electron chi connectivity index (χ2n) is 5.54. The van der Waals surface area contributed by atoms with Gasteiger partial charge in [-0.2, -0.15) is 0 Å². The van der Waals surface area contributed by atoms with E-state index in [0.29, 0.717) is 0 Å². The lowest BCUT2D eigenvalue weighted by Crippen LogP contribution is -2.43. The molecule has 0 aromatic heterocycles. The number of nitrogens with one attached hydrogen (secondary N) is 1. The second-order valence-corrected chi connectivity index (χ2v) is 5.54. The topological polar surface area (TPSA) is 41.6 Å². The van der Waals surface area contributed by atoms with Gasteiger partial charge in [0.1, 0.15) is 6.04 Å². The summed E-state index contributed by atoms with van der Waals surface area (Å²) in [5.74, 6) is 0.714. The summed E-state index contributed by atoms with van der Waals surface area (Å²) in [7, 11) is 1.47. The van der Waals surface area contributed by atoms with Crippen LogP contribution in [0, 0.1) is 5.92 Å². The Morgan fingerprint density at radius 1 is 1.47 bits per heavy atom. The second kappa shape index (κ2) is 9.32. The maximum atomic E-state index is 11.7. The van der Waals surface area contributed by atoms with E-state index in [4.69, 9.17) is 4.74 Å². The molecule has 1 aliphatic heterocycles. The van der Waals surface area contributed by atoms with E-state index in [1.54, 1.807) is 0 Å². The van der Waals surface area contributed by atoms with Gasteiger partial charge in [0.25, 0.3) is 0 Å². The first-order valence-corrected chi connectivity index (χ1v) is 7.74. The van der Waals surface area contributed by atoms with Gasteiger partial charge in [0.05, 0.1) is 7.11 Å². The molecule has 1 fully saturated rings. The Morgan fingerprint density at radius 2 is 2.26 bits per heavy atom. The Hall–Kier alpha value is -0.610. The third kappa shape index (κ3) is 5.91. The molecule has 2 atom stereocenters. The zero-order valence-corrected chi connectivity index (χ0v) is 12.8. The molecule has 1 heterocycles. The Balaban J connectivity index is 2.35. The van der Waals surface area contributed by atoms with E-state index in [1.807, 2.05) is 0 Å². The summed E-state index contributed by atoms with van der Waals surface area (Å²) in [5, 5.41) is 3.28. The lowest BCUT2D eigenvalue weighted by atomic mass is 9.95. The van der Waals surface area contributed by atoms with Crippen LogP contribution >= 0.6 is 0 Å². The molecule has 4 nitrogen and oxygen atoms in total. The normalized spacial score (nSPS) is 22.2. The number of carbonyl (C=O) groups excluding carboxylic acids is 1. The number of hydrogen-bond donors (Lipinski definition) is 1. The van der Waals surface area contributed by atoms with Crippen LogP contribution in [0.2, 0.25) is 0 Å². The highest BCUT2D eigenvalue weighted by atomic mass is 16.5. The number of hydrogen-bond acceptors (Lipinski definition) is 4. The summed E-state index contributed by atoms with van der Waals surface area (Å²) in [5.41, 5.74) is 0. The van der Waals surface area contributed by atoms with E-state index in [-0.39, 0.29) is 12.0 Å². The van der Waals surface area contributed by atoms with Crippen LogP contribution in [0.4, 0.5) is 0 Å². The molecule has 19 heavy (non-hydrogen) atoms. The molecule has 0 spiro atoms. The van der Waals surface area contributed by atoms with Crippen molar-refractivity contribution in [1.82, 2.24) is 10.2 Å². The molecule has 1 rings (SSSR count). The van der Waals surface area contributed by atoms with Crippen molar-refractivity contribution in [3.8, 4) is 0 Å². The van der Waals surface area contributed by atoms with Crippen LogP contribution in [-0.2, 0) is 9.53 Å². The SMILES string of the molecule is CCCNC(CCN1CCCC(CC)C1)C(=O)OC. The number of esters is 1. The molecule has 1 N–H and O–H groups in total. The van der Waals surface area contributed by atoms with Crippen LogP contribution in [0.3, 0.4) is 0 Å². The standard InChI is InChI=1S/C15H30N2O2/c1-4-9-16-14(15(18)19-3)8-11-17-10-6-7-13(5-2)12-17/h13-14,16H,4-12H2,1-3H3. The summed E-state index contributed by atoms with van der Waals surface area (Å²) in [4.78, 5) is 14.2. The number of rotatable bonds is 8. The number of ether oxygens (including phenoxy) is 1. The average Bonchev–Trinajstić information content (AvgIpc) is 2.46. The predicted octanol–water partition coefficient (Wildman–Crippen LogP) is 2.04. The molecule has 1 saturated heterocycles. The van der Waals surface area contributed by atoms with Crippen LogP contribution < -0.4 is 5.32 Å². The van der Waals surface area contributed by atoms with Gasteiger partial charge in [-0.25, -0.2) is 0 Å². The summed E-state index contributed by atoms with van der Waals surface area (Å²) in [6.45, 7) is 8.62. The first-order chi connectivity index (χ1) is 9.21. The summed E-state index contributed by atoms with van der Waals surface area (Å²) in [6, 6.07) is -0.146. The van der Waals surface area contributed by atoms with Crippen molar-refractivity contribution < 1.29 is 9.53 Å². The van der Waals surface area contributed by atoms with Gasteiger partial charge >= 0.3 is 5.97 Å². The zero-order chi connectivity index (χ0) is 14.1. The highest BCUT2D eigenvalue weighted by Gasteiger charge is 2.22. The minimum Gasteiger partial charge on any atom is -0.468 e. The van der Waals surface area contributed by atoms with Crippen molar-refractivity contribution >= 4 is 5.97 Å². The van der Waals surface area contributed by atoms with E-state index >= 15 is 0 Å². The van der Waals surface area contributed by atoms with Crippen LogP contribution in [0.5, 0.6) is 0 Å². The third-order valence-electron chi connectivity index (χ3n) is 4.04. The van der Waals surface area contributed by atoms with Crippen LogP contribution in [0.1, 0.15) is 46.0 Å². The van der Waals surface area contributed by atoms with E-state index in [2.05, 4.69) is 24.1 Å². The largest absolute Gasteiger partial charge is 0.468 e. The number of nitrogens with zero attached hydrogens (tertiary/aromatic N) is 1. The molecular formula is C15H30N2O2. The van der Waals surface area contributed by atoms with Crippen molar-refractivity contribution in [1.29, 1.82) is 0 Å². The van der Waals surface area contributed by atoms with Gasteiger partial charge in [-0.3, -0.25) is 4.79 Å². The maximum Gasteiger partial charge on any atom is 0.322 e. The van der Waals surface area contributed by atoms with Gasteiger partial charge in [0, 0.05) is 13.1 Å². The van der Waals surface area contributed by atoms with Crippen LogP contribution in [0.25, 0.3) is 0 Å². The summed E-state index contributed by atoms with van der Waals surface area (Å²) >= 11 is 0. The van der Waals surface area contributed by atoms with Gasteiger partial charge in [-0.05, 0) is 44.7 Å². The minimum absolute atomic E-state index is 0.127. The Morgan fingerprint density at radius 3 is 2.89 bits per heavy atom. The molecule has 0 bridgehead atoms. The van der Waals surface area contributed by atoms with Crippen molar-refractivity contribution in [2.24, 2.45) is 5.92 Å². The summed E-state index contributed by atoms with van der Waals surface area (Å²) < 4.78 is 4.87. The first-order valence-electron chi connectivity index (χ1n) is 7.74. The molecule has 2 unspecified atom stereocenters. The molecule has 1 aliphatic rings. The number of carbonyl (C=O) groups is 1. The maximum absolute atomic E-state index is 11.7. The predicted molar refractivity (Wildman–Crippen MR) is 78.2 cm³/mol. The monoisotopic (exact) mass is 270 g/mol. The van der Waals surface area contributed by atoms with Crippen molar-refractivity contribution in [3.05, 3.63) is 0 Å². The molecule has 0 amide bonds. The van der Waals surface area contributed by atoms with Crippen molar-refractivity contribution in [3.63, 3.8) is 0 Å². The van der Waals surface area contributed by atoms with Crippen LogP contribution in [-0.4, -0.2) is 50.2 Å². The fourth-order valence-electron chi connectivity index (χ4n) is 2.76. The average molecular weight is 270 g/mol. The van der Waals surface area contributed by atoms with E-state index in [0.717, 1.165) is 31.8 Å². The van der Waals surface area contributed by atoms with Crippen molar-refractivity contribution in [2.45, 2.75) is 52.0 Å². The third-order valence-corrected chi connectivity index (χ3v) is 4.04. The van der Waals surface area contributed by atoms with Gasteiger partial charge in [-0.15, -0.1) is 0 Å². The van der Waals surface area contributed by atoms with Gasteiger partial charge in [-0.1, -0.05) is 20.3 Å². The fourth-order valence-corrected chi connectivity index (χ4v) is 2.76. The molecule has 0 aromatic rings. The number of likely N-dealkylation sites (tertiary alicyclic amines) is 1. The highest BCUT2D eigenvalue weighted by Crippen LogP contribution is 2.19. The lowest BCUT2D eigenvalue weighted by molar-refractivity contribution is -0.143. The molecule has 0 radical (unpaired) electrons. The Kier molecular flexibility index (Phi) is 8.07. The number of piperidine rings is 1. The lowest BCUT2D eigenvalue weighted by Gasteiger charge is -2.33. The molecule has 0 aliphatic carbocycles. The Labute approximate surface area is 117 Å². The van der Waals surface area contributed by atoms with E-state index in [9.17, 15) is 4.79 Å². The van der Waals surface area contributed by atoms with Gasteiger partial charge in [0.15, 0.2) is 0 Å². The van der Waals surface area contributed by atoms with E-state index in [1.165, 1.54) is 39.5 Å². The Bertz CT molecular complexity index is 259. The van der Waals surface area contributed by atoms with Gasteiger partial charge in [0.2, 0.25) is 0 Å². The fraction of sp³-hybridized carbons (Fsp3) is 0.933. The molecule has 0 saturated carbocycles. The zero-order valence-electron chi connectivity index (χ0n) is 12.8. The molecule has 112 valence electrons. The van der Waals surface area contributed by atoms with Gasteiger partial charge < -0.3 is 15.0 Å². The first kappa shape index (κ1) is 16.4. The minimum atomic E-state index is -0.146. The quantitative estimate of drug-likeness (QED) is 0.685. The number of methoxy groups -OCH3 is 1. The summed E-state index contributed by atoms with van der Waals surface area (Å²) in [6.07, 6.45) is 5.81. The molecule has 4 heteroatoms. The van der Waals surface area contributed by atoms with E-state index < -0.39 is 0 Å². The smallest absolute Gasteiger partial charge is 0.322 e.